The number of nitrogens with one attached hydrogen (secondary N) is 1. The fourth-order valence-corrected chi connectivity index (χ4v) is 2.90. The van der Waals surface area contributed by atoms with E-state index in [0.29, 0.717) is 23.7 Å². The van der Waals surface area contributed by atoms with Gasteiger partial charge in [-0.2, -0.15) is 0 Å². The van der Waals surface area contributed by atoms with Gasteiger partial charge in [-0.25, -0.2) is 4.79 Å². The summed E-state index contributed by atoms with van der Waals surface area (Å²) in [6, 6.07) is 15.1. The van der Waals surface area contributed by atoms with E-state index in [-0.39, 0.29) is 11.9 Å². The molecule has 2 aromatic carbocycles. The second-order valence-electron chi connectivity index (χ2n) is 6.46. The van der Waals surface area contributed by atoms with Crippen LogP contribution in [0.25, 0.3) is 10.9 Å². The Hall–Kier alpha value is -3.08. The molecule has 0 aliphatic carbocycles. The van der Waals surface area contributed by atoms with Crippen LogP contribution in [0.15, 0.2) is 54.7 Å². The number of nitrogens with zero attached hydrogens (tertiary/aromatic N) is 1. The van der Waals surface area contributed by atoms with E-state index < -0.39 is 0 Å². The molecule has 0 radical (unpaired) electrons. The molecular formula is C21H22N2O3. The Morgan fingerprint density at radius 3 is 2.38 bits per heavy atom. The number of hydrogen-bond acceptors (Lipinski definition) is 3. The Balaban J connectivity index is 1.71. The Bertz CT molecular complexity index is 940. The molecule has 0 unspecified atom stereocenters. The van der Waals surface area contributed by atoms with Crippen LogP contribution in [0.3, 0.4) is 0 Å². The maximum absolute atomic E-state index is 12.5. The zero-order valence-corrected chi connectivity index (χ0v) is 15.2. The van der Waals surface area contributed by atoms with Crippen LogP contribution in [0, 0.1) is 0 Å². The smallest absolute Gasteiger partial charge is 0.337 e. The van der Waals surface area contributed by atoms with Gasteiger partial charge in [-0.15, -0.1) is 0 Å². The first-order valence-electron chi connectivity index (χ1n) is 8.55. The highest BCUT2D eigenvalue weighted by atomic mass is 16.5. The van der Waals surface area contributed by atoms with E-state index in [4.69, 9.17) is 0 Å². The van der Waals surface area contributed by atoms with Crippen LogP contribution in [-0.2, 0) is 11.3 Å². The van der Waals surface area contributed by atoms with Gasteiger partial charge in [-0.05, 0) is 55.1 Å². The SMILES string of the molecule is COC(=O)c1ccc(CNC(=O)c2ccc3ccn(C(C)C)c3c2)cc1. The number of methoxy groups -OCH3 is 1. The Kier molecular flexibility index (Phi) is 5.07. The Morgan fingerprint density at radius 1 is 1.04 bits per heavy atom. The number of ether oxygens (including phenoxy) is 1. The molecule has 1 N–H and O–H groups in total. The monoisotopic (exact) mass is 350 g/mol. The molecule has 0 saturated heterocycles. The fraction of sp³-hybridized carbons (Fsp3) is 0.238. The van der Waals surface area contributed by atoms with Crippen LogP contribution in [-0.4, -0.2) is 23.6 Å². The van der Waals surface area contributed by atoms with Gasteiger partial charge in [0, 0.05) is 29.9 Å². The molecule has 0 bridgehead atoms. The number of esters is 1. The quantitative estimate of drug-likeness (QED) is 0.709. The lowest BCUT2D eigenvalue weighted by Crippen LogP contribution is -2.22. The third kappa shape index (κ3) is 3.61. The van der Waals surface area contributed by atoms with E-state index in [2.05, 4.69) is 34.5 Å². The van der Waals surface area contributed by atoms with Crippen molar-refractivity contribution in [2.45, 2.75) is 26.4 Å². The van der Waals surface area contributed by atoms with Crippen LogP contribution in [0.4, 0.5) is 0 Å². The van der Waals surface area contributed by atoms with Crippen LogP contribution in [0.2, 0.25) is 0 Å². The second kappa shape index (κ2) is 7.44. The van der Waals surface area contributed by atoms with Crippen LogP contribution < -0.4 is 5.32 Å². The predicted molar refractivity (Wildman–Crippen MR) is 101 cm³/mol. The molecule has 3 aromatic rings. The zero-order valence-electron chi connectivity index (χ0n) is 15.2. The normalized spacial score (nSPS) is 10.9. The molecule has 0 aliphatic heterocycles. The van der Waals surface area contributed by atoms with Crippen molar-refractivity contribution in [1.29, 1.82) is 0 Å². The first kappa shape index (κ1) is 17.7. The van der Waals surface area contributed by atoms with Crippen molar-refractivity contribution in [2.75, 3.05) is 7.11 Å². The third-order valence-electron chi connectivity index (χ3n) is 4.37. The minimum atomic E-state index is -0.373. The number of fused-ring (bicyclic) bond motifs is 1. The molecule has 26 heavy (non-hydrogen) atoms. The van der Waals surface area contributed by atoms with Gasteiger partial charge in [0.2, 0.25) is 0 Å². The lowest BCUT2D eigenvalue weighted by atomic mass is 10.1. The predicted octanol–water partition coefficient (Wildman–Crippen LogP) is 3.94. The van der Waals surface area contributed by atoms with E-state index in [1.54, 1.807) is 24.3 Å². The summed E-state index contributed by atoms with van der Waals surface area (Å²) in [4.78, 5) is 23.9. The fourth-order valence-electron chi connectivity index (χ4n) is 2.90. The minimum Gasteiger partial charge on any atom is -0.465 e. The number of aromatic nitrogens is 1. The van der Waals surface area contributed by atoms with Gasteiger partial charge in [-0.3, -0.25) is 4.79 Å². The summed E-state index contributed by atoms with van der Waals surface area (Å²) in [6.45, 7) is 4.62. The largest absolute Gasteiger partial charge is 0.465 e. The molecule has 1 amide bonds. The number of benzene rings is 2. The highest BCUT2D eigenvalue weighted by molar-refractivity contribution is 5.98. The molecule has 0 saturated carbocycles. The summed E-state index contributed by atoms with van der Waals surface area (Å²) in [6.07, 6.45) is 2.04. The lowest BCUT2D eigenvalue weighted by Gasteiger charge is -2.11. The van der Waals surface area contributed by atoms with Crippen LogP contribution in [0.1, 0.15) is 46.2 Å². The average Bonchev–Trinajstić information content (AvgIpc) is 3.09. The summed E-state index contributed by atoms with van der Waals surface area (Å²) in [7, 11) is 1.35. The van der Waals surface area contributed by atoms with E-state index in [1.165, 1.54) is 7.11 Å². The number of rotatable bonds is 5. The molecule has 5 heteroatoms. The third-order valence-corrected chi connectivity index (χ3v) is 4.37. The van der Waals surface area contributed by atoms with E-state index >= 15 is 0 Å². The van der Waals surface area contributed by atoms with Gasteiger partial charge in [0.25, 0.3) is 5.91 Å². The summed E-state index contributed by atoms with van der Waals surface area (Å²) in [5.41, 5.74) is 3.08. The molecule has 0 spiro atoms. The van der Waals surface area contributed by atoms with Crippen molar-refractivity contribution in [3.8, 4) is 0 Å². The van der Waals surface area contributed by atoms with Crippen molar-refractivity contribution >= 4 is 22.8 Å². The van der Waals surface area contributed by atoms with E-state index in [9.17, 15) is 9.59 Å². The maximum Gasteiger partial charge on any atom is 0.337 e. The van der Waals surface area contributed by atoms with Crippen LogP contribution in [0.5, 0.6) is 0 Å². The highest BCUT2D eigenvalue weighted by Gasteiger charge is 2.10. The topological polar surface area (TPSA) is 60.3 Å². The second-order valence-corrected chi connectivity index (χ2v) is 6.46. The van der Waals surface area contributed by atoms with Gasteiger partial charge in [-0.1, -0.05) is 18.2 Å². The highest BCUT2D eigenvalue weighted by Crippen LogP contribution is 2.21. The molecule has 0 aliphatic rings. The first-order chi connectivity index (χ1) is 12.5. The Morgan fingerprint density at radius 2 is 1.73 bits per heavy atom. The van der Waals surface area contributed by atoms with Gasteiger partial charge in [0.1, 0.15) is 0 Å². The summed E-state index contributed by atoms with van der Waals surface area (Å²) in [5.74, 6) is -0.498. The summed E-state index contributed by atoms with van der Waals surface area (Å²) >= 11 is 0. The van der Waals surface area contributed by atoms with Crippen molar-refractivity contribution < 1.29 is 14.3 Å². The van der Waals surface area contributed by atoms with Crippen molar-refractivity contribution in [1.82, 2.24) is 9.88 Å². The van der Waals surface area contributed by atoms with E-state index in [1.807, 2.05) is 24.4 Å². The first-order valence-corrected chi connectivity index (χ1v) is 8.55. The van der Waals surface area contributed by atoms with Crippen molar-refractivity contribution in [3.63, 3.8) is 0 Å². The molecule has 3 rings (SSSR count). The average molecular weight is 350 g/mol. The zero-order chi connectivity index (χ0) is 18.7. The molecule has 1 heterocycles. The summed E-state index contributed by atoms with van der Waals surface area (Å²) in [5, 5.41) is 4.04. The van der Waals surface area contributed by atoms with Gasteiger partial charge >= 0.3 is 5.97 Å². The minimum absolute atomic E-state index is 0.125. The summed E-state index contributed by atoms with van der Waals surface area (Å²) < 4.78 is 6.83. The standard InChI is InChI=1S/C21H22N2O3/c1-14(2)23-11-10-16-8-9-18(12-19(16)23)20(24)22-13-15-4-6-17(7-5-15)21(25)26-3/h4-12,14H,13H2,1-3H3,(H,22,24). The maximum atomic E-state index is 12.5. The number of carbonyl (C=O) groups excluding carboxylic acids is 2. The number of hydrogen-bond donors (Lipinski definition) is 1. The lowest BCUT2D eigenvalue weighted by molar-refractivity contribution is 0.0600. The number of carbonyl (C=O) groups is 2. The molecule has 5 nitrogen and oxygen atoms in total. The van der Waals surface area contributed by atoms with E-state index in [0.717, 1.165) is 16.5 Å². The molecule has 1 aromatic heterocycles. The number of amides is 1. The van der Waals surface area contributed by atoms with Gasteiger partial charge in [0.05, 0.1) is 12.7 Å². The molecule has 0 atom stereocenters. The molecular weight excluding hydrogens is 328 g/mol. The van der Waals surface area contributed by atoms with Crippen molar-refractivity contribution in [3.05, 3.63) is 71.4 Å². The van der Waals surface area contributed by atoms with Gasteiger partial charge in [0.15, 0.2) is 0 Å². The molecule has 134 valence electrons. The Labute approximate surface area is 152 Å². The van der Waals surface area contributed by atoms with Crippen LogP contribution >= 0.6 is 0 Å². The van der Waals surface area contributed by atoms with Gasteiger partial charge < -0.3 is 14.6 Å². The molecule has 0 fully saturated rings. The van der Waals surface area contributed by atoms with Crippen molar-refractivity contribution in [2.24, 2.45) is 0 Å².